The molecular weight excluding hydrogens is 386 g/mol. The number of carboxylic acid groups (broad SMARTS) is 1. The molecular formula is C18H27N3O6S. The molecule has 0 spiro atoms. The number of piperidine rings is 1. The SMILES string of the molecule is Cc1nc(S(C)(=O)=O)cnc1OC1CCC(OC2CCN(C(=O)O)CC2)CC1. The van der Waals surface area contributed by atoms with Crippen molar-refractivity contribution < 1.29 is 27.8 Å². The lowest BCUT2D eigenvalue weighted by atomic mass is 9.94. The summed E-state index contributed by atoms with van der Waals surface area (Å²) in [7, 11) is -3.39. The van der Waals surface area contributed by atoms with Crippen LogP contribution in [0, 0.1) is 6.92 Å². The molecule has 1 aliphatic heterocycles. The molecule has 0 bridgehead atoms. The number of aromatic nitrogens is 2. The minimum atomic E-state index is -3.39. The first-order valence-corrected chi connectivity index (χ1v) is 11.4. The van der Waals surface area contributed by atoms with E-state index >= 15 is 0 Å². The van der Waals surface area contributed by atoms with Gasteiger partial charge in [0, 0.05) is 19.3 Å². The first kappa shape index (κ1) is 20.8. The largest absolute Gasteiger partial charge is 0.473 e. The quantitative estimate of drug-likeness (QED) is 0.779. The summed E-state index contributed by atoms with van der Waals surface area (Å²) in [6, 6.07) is 0. The van der Waals surface area contributed by atoms with Crippen LogP contribution in [-0.2, 0) is 14.6 Å². The van der Waals surface area contributed by atoms with Crippen molar-refractivity contribution in [2.45, 2.75) is 68.8 Å². The summed E-state index contributed by atoms with van der Waals surface area (Å²) in [5.74, 6) is 0.373. The zero-order valence-electron chi connectivity index (χ0n) is 16.2. The van der Waals surface area contributed by atoms with Crippen LogP contribution >= 0.6 is 0 Å². The average molecular weight is 413 g/mol. The Labute approximate surface area is 165 Å². The molecule has 2 fully saturated rings. The smallest absolute Gasteiger partial charge is 0.407 e. The molecule has 2 aliphatic rings. The average Bonchev–Trinajstić information content (AvgIpc) is 2.64. The Balaban J connectivity index is 1.45. The van der Waals surface area contributed by atoms with Crippen LogP contribution in [0.2, 0.25) is 0 Å². The van der Waals surface area contributed by atoms with Gasteiger partial charge < -0.3 is 19.5 Å². The second-order valence-corrected chi connectivity index (χ2v) is 9.46. The zero-order valence-corrected chi connectivity index (χ0v) is 17.0. The van der Waals surface area contributed by atoms with E-state index in [0.29, 0.717) is 24.7 Å². The maximum absolute atomic E-state index is 11.5. The van der Waals surface area contributed by atoms with Crippen molar-refractivity contribution in [3.63, 3.8) is 0 Å². The van der Waals surface area contributed by atoms with Crippen LogP contribution in [0.3, 0.4) is 0 Å². The van der Waals surface area contributed by atoms with Gasteiger partial charge in [-0.15, -0.1) is 0 Å². The molecule has 1 aromatic rings. The fraction of sp³-hybridized carbons (Fsp3) is 0.722. The molecule has 0 atom stereocenters. The number of hydrogen-bond donors (Lipinski definition) is 1. The van der Waals surface area contributed by atoms with Crippen LogP contribution in [0.5, 0.6) is 5.88 Å². The summed E-state index contributed by atoms with van der Waals surface area (Å²) in [6.45, 7) is 2.75. The summed E-state index contributed by atoms with van der Waals surface area (Å²) >= 11 is 0. The number of aryl methyl sites for hydroxylation is 1. The standard InChI is InChI=1S/C18H27N3O6S/c1-12-17(19-11-16(20-12)28(2,24)25)27-14-5-3-13(4-6-14)26-15-7-9-21(10-8-15)18(22)23/h11,13-15H,3-10H2,1-2H3,(H,22,23). The lowest BCUT2D eigenvalue weighted by molar-refractivity contribution is -0.0644. The Kier molecular flexibility index (Phi) is 6.39. The van der Waals surface area contributed by atoms with Crippen LogP contribution in [0.4, 0.5) is 4.79 Å². The molecule has 156 valence electrons. The Hall–Kier alpha value is -1.94. The van der Waals surface area contributed by atoms with E-state index in [2.05, 4.69) is 9.97 Å². The minimum Gasteiger partial charge on any atom is -0.473 e. The van der Waals surface area contributed by atoms with Crippen molar-refractivity contribution in [1.29, 1.82) is 0 Å². The third-order valence-electron chi connectivity index (χ3n) is 5.26. The lowest BCUT2D eigenvalue weighted by Gasteiger charge is -2.35. The highest BCUT2D eigenvalue weighted by atomic mass is 32.2. The molecule has 0 radical (unpaired) electrons. The monoisotopic (exact) mass is 413 g/mol. The molecule has 0 unspecified atom stereocenters. The molecule has 2 heterocycles. The van der Waals surface area contributed by atoms with Crippen molar-refractivity contribution in [1.82, 2.24) is 14.9 Å². The fourth-order valence-corrected chi connectivity index (χ4v) is 4.19. The highest BCUT2D eigenvalue weighted by Crippen LogP contribution is 2.28. The van der Waals surface area contributed by atoms with Crippen molar-refractivity contribution in [2.75, 3.05) is 19.3 Å². The summed E-state index contributed by atoms with van der Waals surface area (Å²) in [6.07, 6.45) is 6.64. The number of ether oxygens (including phenoxy) is 2. The number of amides is 1. The summed E-state index contributed by atoms with van der Waals surface area (Å²) < 4.78 is 35.2. The van der Waals surface area contributed by atoms with E-state index < -0.39 is 15.9 Å². The van der Waals surface area contributed by atoms with Gasteiger partial charge >= 0.3 is 6.09 Å². The molecule has 1 N–H and O–H groups in total. The van der Waals surface area contributed by atoms with Crippen LogP contribution in [0.1, 0.15) is 44.2 Å². The van der Waals surface area contributed by atoms with E-state index in [1.807, 2.05) is 0 Å². The molecule has 10 heteroatoms. The van der Waals surface area contributed by atoms with Gasteiger partial charge in [0.2, 0.25) is 5.88 Å². The summed E-state index contributed by atoms with van der Waals surface area (Å²) in [5.41, 5.74) is 0.464. The molecule has 1 aliphatic carbocycles. The zero-order chi connectivity index (χ0) is 20.3. The Morgan fingerprint density at radius 1 is 1.11 bits per heavy atom. The van der Waals surface area contributed by atoms with Gasteiger partial charge in [-0.3, -0.25) is 0 Å². The lowest BCUT2D eigenvalue weighted by Crippen LogP contribution is -2.41. The number of sulfone groups is 1. The van der Waals surface area contributed by atoms with Crippen molar-refractivity contribution in [3.8, 4) is 5.88 Å². The van der Waals surface area contributed by atoms with E-state index in [9.17, 15) is 13.2 Å². The number of hydrogen-bond acceptors (Lipinski definition) is 7. The maximum atomic E-state index is 11.5. The van der Waals surface area contributed by atoms with E-state index in [1.54, 1.807) is 6.92 Å². The number of nitrogens with zero attached hydrogens (tertiary/aromatic N) is 3. The Morgan fingerprint density at radius 3 is 2.21 bits per heavy atom. The van der Waals surface area contributed by atoms with E-state index in [0.717, 1.165) is 44.8 Å². The third-order valence-corrected chi connectivity index (χ3v) is 6.21. The predicted molar refractivity (Wildman–Crippen MR) is 100 cm³/mol. The van der Waals surface area contributed by atoms with Gasteiger partial charge in [-0.2, -0.15) is 0 Å². The van der Waals surface area contributed by atoms with E-state index in [4.69, 9.17) is 14.6 Å². The molecule has 1 saturated heterocycles. The summed E-state index contributed by atoms with van der Waals surface area (Å²) in [5, 5.41) is 8.95. The van der Waals surface area contributed by atoms with Crippen molar-refractivity contribution >= 4 is 15.9 Å². The second kappa shape index (κ2) is 8.60. The molecule has 28 heavy (non-hydrogen) atoms. The molecule has 3 rings (SSSR count). The van der Waals surface area contributed by atoms with E-state index in [1.165, 1.54) is 11.1 Å². The Bertz CT molecular complexity index is 800. The van der Waals surface area contributed by atoms with Crippen molar-refractivity contribution in [2.24, 2.45) is 0 Å². The molecule has 0 aromatic carbocycles. The normalized spacial score (nSPS) is 24.1. The van der Waals surface area contributed by atoms with Gasteiger partial charge in [0.15, 0.2) is 14.9 Å². The Morgan fingerprint density at radius 2 is 1.68 bits per heavy atom. The van der Waals surface area contributed by atoms with Gasteiger partial charge in [0.1, 0.15) is 11.8 Å². The fourth-order valence-electron chi connectivity index (χ4n) is 3.64. The highest BCUT2D eigenvalue weighted by Gasteiger charge is 2.29. The maximum Gasteiger partial charge on any atom is 0.407 e. The van der Waals surface area contributed by atoms with Gasteiger partial charge in [-0.05, 0) is 45.4 Å². The molecule has 1 amide bonds. The molecule has 1 aromatic heterocycles. The van der Waals surface area contributed by atoms with Crippen LogP contribution in [-0.4, -0.2) is 72.1 Å². The second-order valence-electron chi connectivity index (χ2n) is 7.49. The van der Waals surface area contributed by atoms with E-state index in [-0.39, 0.29) is 23.3 Å². The van der Waals surface area contributed by atoms with Gasteiger partial charge in [0.25, 0.3) is 0 Å². The third kappa shape index (κ3) is 5.32. The molecule has 1 saturated carbocycles. The van der Waals surface area contributed by atoms with Gasteiger partial charge in [0.05, 0.1) is 18.4 Å². The highest BCUT2D eigenvalue weighted by molar-refractivity contribution is 7.90. The van der Waals surface area contributed by atoms with Crippen LogP contribution < -0.4 is 4.74 Å². The molecule has 9 nitrogen and oxygen atoms in total. The first-order chi connectivity index (χ1) is 13.2. The predicted octanol–water partition coefficient (Wildman–Crippen LogP) is 2.04. The van der Waals surface area contributed by atoms with Crippen LogP contribution in [0.25, 0.3) is 0 Å². The topological polar surface area (TPSA) is 119 Å². The van der Waals surface area contributed by atoms with Crippen LogP contribution in [0.15, 0.2) is 11.2 Å². The first-order valence-electron chi connectivity index (χ1n) is 9.56. The van der Waals surface area contributed by atoms with Gasteiger partial charge in [-0.25, -0.2) is 23.2 Å². The number of rotatable bonds is 5. The number of carbonyl (C=O) groups is 1. The van der Waals surface area contributed by atoms with Crippen molar-refractivity contribution in [3.05, 3.63) is 11.9 Å². The van der Waals surface area contributed by atoms with Gasteiger partial charge in [-0.1, -0.05) is 0 Å². The summed E-state index contributed by atoms with van der Waals surface area (Å²) in [4.78, 5) is 20.6. The minimum absolute atomic E-state index is 0.00536. The number of likely N-dealkylation sites (tertiary alicyclic amines) is 1.